The second-order valence-corrected chi connectivity index (χ2v) is 5.10. The molecule has 0 aliphatic carbocycles. The van der Waals surface area contributed by atoms with Crippen molar-refractivity contribution in [3.05, 3.63) is 30.3 Å². The Kier molecular flexibility index (Phi) is 5.80. The van der Waals surface area contributed by atoms with Crippen LogP contribution < -0.4 is 0 Å². The lowest BCUT2D eigenvalue weighted by Gasteiger charge is -2.04. The first-order valence-corrected chi connectivity index (χ1v) is 7.24. The number of benzene rings is 1. The molecule has 0 heterocycles. The molecule has 0 aliphatic rings. The van der Waals surface area contributed by atoms with E-state index in [4.69, 9.17) is 9.29 Å². The van der Waals surface area contributed by atoms with Crippen LogP contribution in [0.1, 0.15) is 6.92 Å². The van der Waals surface area contributed by atoms with E-state index in [2.05, 4.69) is 9.44 Å². The molecule has 0 radical (unpaired) electrons. The van der Waals surface area contributed by atoms with Gasteiger partial charge in [0.25, 0.3) is 0 Å². The zero-order valence-corrected chi connectivity index (χ0v) is 11.5. The molecule has 0 atom stereocenters. The van der Waals surface area contributed by atoms with E-state index in [-0.39, 0.29) is 11.7 Å². The molecular weight excluding hydrogens is 294 g/mol. The highest BCUT2D eigenvalue weighted by Crippen LogP contribution is 2.20. The zero-order chi connectivity index (χ0) is 14.3. The molecular formula is C10H11NO6S2. The van der Waals surface area contributed by atoms with Crippen molar-refractivity contribution in [3.8, 4) is 0 Å². The van der Waals surface area contributed by atoms with Gasteiger partial charge in [-0.2, -0.15) is 8.42 Å². The molecule has 0 saturated heterocycles. The molecule has 0 saturated carbocycles. The van der Waals surface area contributed by atoms with Gasteiger partial charge in [0.2, 0.25) is 5.04 Å². The van der Waals surface area contributed by atoms with Gasteiger partial charge in [0.05, 0.1) is 6.61 Å². The number of carbonyl (C=O) groups excluding carboxylic acids is 1. The fraction of sp³-hybridized carbons (Fsp3) is 0.200. The molecule has 19 heavy (non-hydrogen) atoms. The molecule has 0 aliphatic heterocycles. The second kappa shape index (κ2) is 7.12. The van der Waals surface area contributed by atoms with Gasteiger partial charge in [-0.3, -0.25) is 4.55 Å². The third-order valence-corrected chi connectivity index (χ3v) is 2.83. The number of oxime groups is 1. The molecule has 0 bridgehead atoms. The average molecular weight is 305 g/mol. The Hall–Kier alpha value is -1.58. The molecule has 0 aromatic heterocycles. The molecule has 0 unspecified atom stereocenters. The third kappa shape index (κ3) is 6.22. The summed E-state index contributed by atoms with van der Waals surface area (Å²) >= 11 is 0.852. The van der Waals surface area contributed by atoms with Gasteiger partial charge in [-0.25, -0.2) is 9.08 Å². The van der Waals surface area contributed by atoms with Crippen molar-refractivity contribution in [2.45, 2.75) is 11.8 Å². The van der Waals surface area contributed by atoms with Crippen LogP contribution in [0.2, 0.25) is 0 Å². The minimum atomic E-state index is -4.77. The van der Waals surface area contributed by atoms with Crippen LogP contribution in [-0.2, 0) is 24.2 Å². The number of esters is 1. The quantitative estimate of drug-likeness (QED) is 0.224. The van der Waals surface area contributed by atoms with Crippen molar-refractivity contribution in [1.29, 1.82) is 0 Å². The van der Waals surface area contributed by atoms with Crippen molar-refractivity contribution in [2.75, 3.05) is 6.61 Å². The smallest absolute Gasteiger partial charge is 0.461 e. The zero-order valence-electron chi connectivity index (χ0n) is 9.85. The van der Waals surface area contributed by atoms with Gasteiger partial charge in [0.1, 0.15) is 0 Å². The van der Waals surface area contributed by atoms with Crippen LogP contribution >= 0.6 is 11.8 Å². The fourth-order valence-electron chi connectivity index (χ4n) is 0.972. The molecule has 1 rings (SSSR count). The van der Waals surface area contributed by atoms with Crippen LogP contribution in [0.4, 0.5) is 0 Å². The van der Waals surface area contributed by atoms with Crippen LogP contribution in [0.5, 0.6) is 0 Å². The molecule has 0 amide bonds. The minimum Gasteiger partial charge on any atom is -0.461 e. The molecule has 1 N–H and O–H groups in total. The van der Waals surface area contributed by atoms with Gasteiger partial charge in [-0.05, 0) is 24.2 Å². The normalized spacial score (nSPS) is 12.0. The van der Waals surface area contributed by atoms with Crippen molar-refractivity contribution >= 4 is 33.2 Å². The van der Waals surface area contributed by atoms with Crippen LogP contribution in [0.15, 0.2) is 40.4 Å². The van der Waals surface area contributed by atoms with E-state index < -0.39 is 16.4 Å². The molecule has 0 spiro atoms. The predicted octanol–water partition coefficient (Wildman–Crippen LogP) is 1.47. The fourth-order valence-corrected chi connectivity index (χ4v) is 1.92. The Balaban J connectivity index is 2.89. The maximum absolute atomic E-state index is 11.5. The number of rotatable bonds is 4. The van der Waals surface area contributed by atoms with Gasteiger partial charge >= 0.3 is 16.4 Å². The summed E-state index contributed by atoms with van der Waals surface area (Å²) < 4.78 is 37.8. The van der Waals surface area contributed by atoms with Crippen molar-refractivity contribution in [2.24, 2.45) is 5.16 Å². The largest absolute Gasteiger partial charge is 0.466 e. The number of carbonyl (C=O) groups is 1. The first-order chi connectivity index (χ1) is 8.92. The average Bonchev–Trinajstić information content (AvgIpc) is 2.35. The van der Waals surface area contributed by atoms with Gasteiger partial charge in [-0.15, -0.1) is 0 Å². The predicted molar refractivity (Wildman–Crippen MR) is 69.0 cm³/mol. The Labute approximate surface area is 114 Å². The summed E-state index contributed by atoms with van der Waals surface area (Å²) in [6.07, 6.45) is 0. The maximum Gasteiger partial charge on any atom is 0.466 e. The highest BCUT2D eigenvalue weighted by Gasteiger charge is 2.17. The molecule has 1 aromatic rings. The summed E-state index contributed by atoms with van der Waals surface area (Å²) in [7, 11) is -4.77. The SMILES string of the molecule is CCOC(=O)C(=NOS(=O)(=O)O)Sc1ccccc1. The number of hydrogen-bond acceptors (Lipinski definition) is 7. The van der Waals surface area contributed by atoms with Gasteiger partial charge < -0.3 is 4.74 Å². The molecule has 1 aromatic carbocycles. The maximum atomic E-state index is 11.5. The summed E-state index contributed by atoms with van der Waals surface area (Å²) in [5.41, 5.74) is 0. The van der Waals surface area contributed by atoms with E-state index in [1.807, 2.05) is 0 Å². The van der Waals surface area contributed by atoms with E-state index >= 15 is 0 Å². The standard InChI is InChI=1S/C10H11NO6S2/c1-2-16-10(12)9(11-17-19(13,14)15)18-8-6-4-3-5-7-8/h3-7H,2H2,1H3,(H,13,14,15). The summed E-state index contributed by atoms with van der Waals surface area (Å²) in [5.74, 6) is -0.847. The summed E-state index contributed by atoms with van der Waals surface area (Å²) in [4.78, 5) is 12.2. The van der Waals surface area contributed by atoms with Crippen LogP contribution in [0.3, 0.4) is 0 Å². The van der Waals surface area contributed by atoms with E-state index in [1.165, 1.54) is 0 Å². The van der Waals surface area contributed by atoms with Crippen molar-refractivity contribution < 1.29 is 26.8 Å². The Morgan fingerprint density at radius 3 is 2.53 bits per heavy atom. The molecule has 9 heteroatoms. The summed E-state index contributed by atoms with van der Waals surface area (Å²) in [6.45, 7) is 1.69. The first kappa shape index (κ1) is 15.5. The second-order valence-electron chi connectivity index (χ2n) is 3.03. The lowest BCUT2D eigenvalue weighted by Crippen LogP contribution is -2.15. The van der Waals surface area contributed by atoms with Gasteiger partial charge in [-0.1, -0.05) is 30.0 Å². The topological polar surface area (TPSA) is 102 Å². The number of nitrogens with zero attached hydrogens (tertiary/aromatic N) is 1. The third-order valence-electron chi connectivity index (χ3n) is 1.62. The molecule has 7 nitrogen and oxygen atoms in total. The minimum absolute atomic E-state index is 0.0963. The summed E-state index contributed by atoms with van der Waals surface area (Å²) in [6, 6.07) is 8.61. The Morgan fingerprint density at radius 1 is 1.37 bits per heavy atom. The highest BCUT2D eigenvalue weighted by atomic mass is 32.3. The van der Waals surface area contributed by atoms with Crippen LogP contribution in [0, 0.1) is 0 Å². The first-order valence-electron chi connectivity index (χ1n) is 5.06. The van der Waals surface area contributed by atoms with E-state index in [0.29, 0.717) is 4.90 Å². The van der Waals surface area contributed by atoms with E-state index in [1.54, 1.807) is 37.3 Å². The van der Waals surface area contributed by atoms with Crippen molar-refractivity contribution in [1.82, 2.24) is 0 Å². The molecule has 104 valence electrons. The number of thioether (sulfide) groups is 1. The van der Waals surface area contributed by atoms with Gasteiger partial charge in [0, 0.05) is 4.90 Å². The lowest BCUT2D eigenvalue weighted by atomic mass is 10.4. The van der Waals surface area contributed by atoms with Crippen LogP contribution in [0.25, 0.3) is 0 Å². The molecule has 0 fully saturated rings. The van der Waals surface area contributed by atoms with Crippen molar-refractivity contribution in [3.63, 3.8) is 0 Å². The lowest BCUT2D eigenvalue weighted by molar-refractivity contribution is -0.134. The number of ether oxygens (including phenoxy) is 1. The Bertz CT molecular complexity index is 555. The summed E-state index contributed by atoms with van der Waals surface area (Å²) in [5, 5.41) is 2.73. The Morgan fingerprint density at radius 2 is 2.00 bits per heavy atom. The van der Waals surface area contributed by atoms with Crippen LogP contribution in [-0.4, -0.2) is 30.6 Å². The van der Waals surface area contributed by atoms with Gasteiger partial charge in [0.15, 0.2) is 0 Å². The highest BCUT2D eigenvalue weighted by molar-refractivity contribution is 8.15. The number of hydrogen-bond donors (Lipinski definition) is 1. The monoisotopic (exact) mass is 305 g/mol. The van der Waals surface area contributed by atoms with E-state index in [0.717, 1.165) is 11.8 Å². The van der Waals surface area contributed by atoms with E-state index in [9.17, 15) is 13.2 Å².